The molecule has 0 aromatic heterocycles. The van der Waals surface area contributed by atoms with Gasteiger partial charge in [-0.1, -0.05) is 20.8 Å². The molecule has 16 heavy (non-hydrogen) atoms. The molecular weight excluding hydrogens is 214 g/mol. The lowest BCUT2D eigenvalue weighted by molar-refractivity contribution is 0.336. The van der Waals surface area contributed by atoms with Crippen molar-refractivity contribution >= 4 is 11.8 Å². The van der Waals surface area contributed by atoms with Crippen molar-refractivity contribution in [3.8, 4) is 0 Å². The average Bonchev–Trinajstić information content (AvgIpc) is 2.64. The molecule has 1 fully saturated rings. The molecule has 0 radical (unpaired) electrons. The van der Waals surface area contributed by atoms with Gasteiger partial charge in [-0.3, -0.25) is 0 Å². The smallest absolute Gasteiger partial charge is 0.00954 e. The average molecular weight is 243 g/mol. The summed E-state index contributed by atoms with van der Waals surface area (Å²) in [6.07, 6.45) is 7.01. The van der Waals surface area contributed by atoms with Gasteiger partial charge in [0.05, 0.1) is 0 Å². The first kappa shape index (κ1) is 14.4. The maximum absolute atomic E-state index is 3.71. The van der Waals surface area contributed by atoms with Crippen LogP contribution in [-0.4, -0.2) is 24.1 Å². The second kappa shape index (κ2) is 8.41. The highest BCUT2D eigenvalue weighted by atomic mass is 32.2. The summed E-state index contributed by atoms with van der Waals surface area (Å²) in [7, 11) is 0. The van der Waals surface area contributed by atoms with Crippen LogP contribution in [0.15, 0.2) is 0 Å². The summed E-state index contributed by atoms with van der Waals surface area (Å²) in [5.41, 5.74) is 0. The third-order valence-corrected chi connectivity index (χ3v) is 4.94. The molecule has 0 bridgehead atoms. The fourth-order valence-corrected chi connectivity index (χ4v) is 3.52. The highest BCUT2D eigenvalue weighted by molar-refractivity contribution is 7.99. The van der Waals surface area contributed by atoms with Crippen LogP contribution >= 0.6 is 11.8 Å². The molecule has 1 aliphatic carbocycles. The molecule has 0 saturated heterocycles. The monoisotopic (exact) mass is 243 g/mol. The van der Waals surface area contributed by atoms with E-state index in [1.807, 2.05) is 0 Å². The van der Waals surface area contributed by atoms with Crippen molar-refractivity contribution in [2.45, 2.75) is 58.9 Å². The Morgan fingerprint density at radius 1 is 1.25 bits per heavy atom. The summed E-state index contributed by atoms with van der Waals surface area (Å²) in [6, 6.07) is 0.809. The summed E-state index contributed by atoms with van der Waals surface area (Å²) < 4.78 is 0. The molecule has 2 heteroatoms. The zero-order valence-electron chi connectivity index (χ0n) is 11.3. The minimum atomic E-state index is 0.809. The molecule has 1 N–H and O–H groups in total. The van der Waals surface area contributed by atoms with Gasteiger partial charge in [0.25, 0.3) is 0 Å². The lowest BCUT2D eigenvalue weighted by atomic mass is 9.92. The Bertz CT molecular complexity index is 172. The SMILES string of the molecule is CCCNC1CCC(CCCSCC)C1C. The third kappa shape index (κ3) is 4.67. The molecule has 1 nitrogen and oxygen atoms in total. The summed E-state index contributed by atoms with van der Waals surface area (Å²) in [5, 5.41) is 3.71. The van der Waals surface area contributed by atoms with Crippen LogP contribution < -0.4 is 5.32 Å². The Morgan fingerprint density at radius 3 is 2.75 bits per heavy atom. The van der Waals surface area contributed by atoms with Crippen LogP contribution in [0, 0.1) is 11.8 Å². The molecule has 96 valence electrons. The molecule has 0 aliphatic heterocycles. The Morgan fingerprint density at radius 2 is 2.06 bits per heavy atom. The quantitative estimate of drug-likeness (QED) is 0.648. The Balaban J connectivity index is 2.14. The molecular formula is C14H29NS. The van der Waals surface area contributed by atoms with E-state index in [9.17, 15) is 0 Å². The normalized spacial score (nSPS) is 29.8. The molecule has 1 saturated carbocycles. The Kier molecular flexibility index (Phi) is 7.55. The van der Waals surface area contributed by atoms with Crippen molar-refractivity contribution in [1.82, 2.24) is 5.32 Å². The van der Waals surface area contributed by atoms with Crippen LogP contribution in [0.25, 0.3) is 0 Å². The van der Waals surface area contributed by atoms with Gasteiger partial charge in [0.1, 0.15) is 0 Å². The van der Waals surface area contributed by atoms with Crippen molar-refractivity contribution in [1.29, 1.82) is 0 Å². The molecule has 0 amide bonds. The molecule has 1 rings (SSSR count). The van der Waals surface area contributed by atoms with Crippen molar-refractivity contribution in [3.63, 3.8) is 0 Å². The predicted octanol–water partition coefficient (Wildman–Crippen LogP) is 3.93. The van der Waals surface area contributed by atoms with Gasteiger partial charge in [0, 0.05) is 6.04 Å². The third-order valence-electron chi connectivity index (χ3n) is 3.95. The second-order valence-corrected chi connectivity index (χ2v) is 6.49. The highest BCUT2D eigenvalue weighted by Gasteiger charge is 2.31. The van der Waals surface area contributed by atoms with Crippen molar-refractivity contribution in [3.05, 3.63) is 0 Å². The topological polar surface area (TPSA) is 12.0 Å². The summed E-state index contributed by atoms with van der Waals surface area (Å²) in [6.45, 7) is 8.17. The van der Waals surface area contributed by atoms with Crippen molar-refractivity contribution in [2.24, 2.45) is 11.8 Å². The standard InChI is InChI=1S/C14H29NS/c1-4-10-15-14-9-8-13(12(14)3)7-6-11-16-5-2/h12-15H,4-11H2,1-3H3. The van der Waals surface area contributed by atoms with Crippen molar-refractivity contribution in [2.75, 3.05) is 18.1 Å². The van der Waals surface area contributed by atoms with E-state index >= 15 is 0 Å². The van der Waals surface area contributed by atoms with Gasteiger partial charge in [-0.15, -0.1) is 0 Å². The van der Waals surface area contributed by atoms with Crippen LogP contribution in [0.1, 0.15) is 52.9 Å². The van der Waals surface area contributed by atoms with E-state index < -0.39 is 0 Å². The molecule has 1 aliphatic rings. The number of hydrogen-bond donors (Lipinski definition) is 1. The van der Waals surface area contributed by atoms with Gasteiger partial charge >= 0.3 is 0 Å². The second-order valence-electron chi connectivity index (χ2n) is 5.10. The lowest BCUT2D eigenvalue weighted by Crippen LogP contribution is -2.33. The highest BCUT2D eigenvalue weighted by Crippen LogP contribution is 2.35. The van der Waals surface area contributed by atoms with E-state index in [4.69, 9.17) is 0 Å². The molecule has 0 spiro atoms. The van der Waals surface area contributed by atoms with Crippen LogP contribution in [0.3, 0.4) is 0 Å². The van der Waals surface area contributed by atoms with Crippen LogP contribution in [0.2, 0.25) is 0 Å². The zero-order chi connectivity index (χ0) is 11.8. The van der Waals surface area contributed by atoms with E-state index in [0.717, 1.165) is 17.9 Å². The van der Waals surface area contributed by atoms with Gasteiger partial charge in [0.15, 0.2) is 0 Å². The number of nitrogens with one attached hydrogen (secondary N) is 1. The molecule has 3 unspecified atom stereocenters. The first-order valence-electron chi connectivity index (χ1n) is 7.10. The maximum Gasteiger partial charge on any atom is 0.00954 e. The largest absolute Gasteiger partial charge is 0.314 e. The van der Waals surface area contributed by atoms with Crippen LogP contribution in [0.4, 0.5) is 0 Å². The van der Waals surface area contributed by atoms with E-state index in [0.29, 0.717) is 0 Å². The Labute approximate surface area is 106 Å². The van der Waals surface area contributed by atoms with E-state index in [1.54, 1.807) is 0 Å². The van der Waals surface area contributed by atoms with E-state index in [-0.39, 0.29) is 0 Å². The lowest BCUT2D eigenvalue weighted by Gasteiger charge is -2.21. The summed E-state index contributed by atoms with van der Waals surface area (Å²) >= 11 is 2.09. The van der Waals surface area contributed by atoms with Gasteiger partial charge in [-0.05, 0) is 62.0 Å². The molecule has 0 heterocycles. The summed E-state index contributed by atoms with van der Waals surface area (Å²) in [4.78, 5) is 0. The van der Waals surface area contributed by atoms with Crippen LogP contribution in [-0.2, 0) is 0 Å². The number of rotatable bonds is 8. The Hall–Kier alpha value is 0.310. The maximum atomic E-state index is 3.71. The predicted molar refractivity (Wildman–Crippen MR) is 76.2 cm³/mol. The molecule has 3 atom stereocenters. The fourth-order valence-electron chi connectivity index (χ4n) is 2.86. The van der Waals surface area contributed by atoms with Gasteiger partial charge in [-0.2, -0.15) is 11.8 Å². The fraction of sp³-hybridized carbons (Fsp3) is 1.00. The van der Waals surface area contributed by atoms with Crippen molar-refractivity contribution < 1.29 is 0 Å². The minimum Gasteiger partial charge on any atom is -0.314 e. The first-order valence-corrected chi connectivity index (χ1v) is 8.26. The van der Waals surface area contributed by atoms with E-state index in [1.165, 1.54) is 50.2 Å². The number of thioether (sulfide) groups is 1. The first-order chi connectivity index (χ1) is 7.79. The van der Waals surface area contributed by atoms with Gasteiger partial charge in [-0.25, -0.2) is 0 Å². The molecule has 0 aromatic rings. The molecule has 0 aromatic carbocycles. The minimum absolute atomic E-state index is 0.809. The van der Waals surface area contributed by atoms with E-state index in [2.05, 4.69) is 37.8 Å². The van der Waals surface area contributed by atoms with Crippen LogP contribution in [0.5, 0.6) is 0 Å². The van der Waals surface area contributed by atoms with Gasteiger partial charge in [0.2, 0.25) is 0 Å². The summed E-state index contributed by atoms with van der Waals surface area (Å²) in [5.74, 6) is 4.54. The number of hydrogen-bond acceptors (Lipinski definition) is 2. The van der Waals surface area contributed by atoms with Gasteiger partial charge < -0.3 is 5.32 Å². The zero-order valence-corrected chi connectivity index (χ0v) is 12.1.